The average molecular weight is 289 g/mol. The Morgan fingerprint density at radius 2 is 2.05 bits per heavy atom. The van der Waals surface area contributed by atoms with Crippen molar-refractivity contribution in [2.45, 2.75) is 39.7 Å². The highest BCUT2D eigenvalue weighted by atomic mass is 16.3. The number of aliphatic hydroxyl groups excluding tert-OH is 1. The normalized spacial score (nSPS) is 11.8. The Bertz CT molecular complexity index is 519. The highest BCUT2D eigenvalue weighted by molar-refractivity contribution is 5.90. The number of urea groups is 1. The van der Waals surface area contributed by atoms with Crippen molar-refractivity contribution in [2.24, 2.45) is 5.92 Å². The number of amides is 2. The molecule has 0 heterocycles. The Kier molecular flexibility index (Phi) is 6.70. The van der Waals surface area contributed by atoms with E-state index in [9.17, 15) is 9.90 Å². The number of carbonyl (C=O) groups is 1. The third-order valence-electron chi connectivity index (χ3n) is 3.68. The van der Waals surface area contributed by atoms with Crippen molar-refractivity contribution in [1.82, 2.24) is 5.32 Å². The molecule has 0 radical (unpaired) electrons. The van der Waals surface area contributed by atoms with Crippen LogP contribution in [0.4, 0.5) is 10.5 Å². The van der Waals surface area contributed by atoms with Crippen LogP contribution in [0.15, 0.2) is 18.2 Å². The molecule has 1 aromatic carbocycles. The summed E-state index contributed by atoms with van der Waals surface area (Å²) in [5, 5.41) is 24.2. The largest absolute Gasteiger partial charge is 0.391 e. The Hall–Kier alpha value is -2.06. The maximum absolute atomic E-state index is 11.9. The van der Waals surface area contributed by atoms with Crippen LogP contribution >= 0.6 is 0 Å². The van der Waals surface area contributed by atoms with Crippen molar-refractivity contribution < 1.29 is 9.90 Å². The lowest BCUT2D eigenvalue weighted by Crippen LogP contribution is -2.38. The first-order valence-corrected chi connectivity index (χ1v) is 7.25. The Balaban J connectivity index is 2.57. The molecule has 114 valence electrons. The van der Waals surface area contributed by atoms with Crippen LogP contribution in [-0.2, 0) is 0 Å². The van der Waals surface area contributed by atoms with Crippen LogP contribution in [-0.4, -0.2) is 23.8 Å². The number of rotatable bonds is 6. The van der Waals surface area contributed by atoms with E-state index in [0.29, 0.717) is 11.3 Å². The number of aryl methyl sites for hydroxylation is 1. The summed E-state index contributed by atoms with van der Waals surface area (Å²) >= 11 is 0. The molecule has 5 nitrogen and oxygen atoms in total. The molecule has 0 saturated carbocycles. The zero-order chi connectivity index (χ0) is 15.8. The molecule has 21 heavy (non-hydrogen) atoms. The van der Waals surface area contributed by atoms with E-state index in [1.165, 1.54) is 0 Å². The fourth-order valence-electron chi connectivity index (χ4n) is 2.19. The van der Waals surface area contributed by atoms with Gasteiger partial charge in [-0.1, -0.05) is 32.8 Å². The molecule has 1 unspecified atom stereocenters. The number of nitrogens with one attached hydrogen (secondary N) is 2. The summed E-state index contributed by atoms with van der Waals surface area (Å²) in [6.45, 7) is 6.12. The van der Waals surface area contributed by atoms with Crippen molar-refractivity contribution >= 4 is 11.7 Å². The molecular weight excluding hydrogens is 266 g/mol. The van der Waals surface area contributed by atoms with E-state index in [4.69, 9.17) is 5.26 Å². The van der Waals surface area contributed by atoms with E-state index in [1.807, 2.05) is 26.8 Å². The predicted molar refractivity (Wildman–Crippen MR) is 83.0 cm³/mol. The minimum atomic E-state index is -0.544. The molecule has 0 aromatic heterocycles. The molecule has 1 atom stereocenters. The molecule has 0 aliphatic rings. The van der Waals surface area contributed by atoms with Gasteiger partial charge in [-0.05, 0) is 30.5 Å². The SMILES string of the molecule is CCC(CC)C(O)CNC(=O)Nc1cc(C#N)ccc1C. The van der Waals surface area contributed by atoms with E-state index < -0.39 is 6.10 Å². The van der Waals surface area contributed by atoms with Gasteiger partial charge < -0.3 is 15.7 Å². The van der Waals surface area contributed by atoms with Gasteiger partial charge >= 0.3 is 6.03 Å². The fourth-order valence-corrected chi connectivity index (χ4v) is 2.19. The average Bonchev–Trinajstić information content (AvgIpc) is 2.48. The van der Waals surface area contributed by atoms with Crippen LogP contribution in [0.3, 0.4) is 0 Å². The van der Waals surface area contributed by atoms with Gasteiger partial charge in [0, 0.05) is 12.2 Å². The van der Waals surface area contributed by atoms with Gasteiger partial charge in [-0.3, -0.25) is 0 Å². The summed E-state index contributed by atoms with van der Waals surface area (Å²) in [4.78, 5) is 11.9. The summed E-state index contributed by atoms with van der Waals surface area (Å²) in [6.07, 6.45) is 1.21. The molecule has 0 aliphatic heterocycles. The molecule has 0 spiro atoms. The third-order valence-corrected chi connectivity index (χ3v) is 3.68. The third kappa shape index (κ3) is 5.09. The van der Waals surface area contributed by atoms with Crippen LogP contribution in [0.25, 0.3) is 0 Å². The number of nitrogens with zero attached hydrogens (tertiary/aromatic N) is 1. The smallest absolute Gasteiger partial charge is 0.319 e. The molecule has 0 fully saturated rings. The van der Waals surface area contributed by atoms with Crippen LogP contribution in [0, 0.1) is 24.2 Å². The predicted octanol–water partition coefficient (Wildman–Crippen LogP) is 2.79. The number of benzene rings is 1. The van der Waals surface area contributed by atoms with E-state index in [0.717, 1.165) is 18.4 Å². The second-order valence-corrected chi connectivity index (χ2v) is 5.12. The number of aliphatic hydroxyl groups is 1. The van der Waals surface area contributed by atoms with Crippen molar-refractivity contribution in [3.05, 3.63) is 29.3 Å². The first kappa shape index (κ1) is 17.0. The Labute approximate surface area is 126 Å². The number of anilines is 1. The van der Waals surface area contributed by atoms with E-state index in [2.05, 4.69) is 10.6 Å². The number of nitriles is 1. The first-order valence-electron chi connectivity index (χ1n) is 7.25. The maximum atomic E-state index is 11.9. The van der Waals surface area contributed by atoms with Crippen LogP contribution in [0.5, 0.6) is 0 Å². The Morgan fingerprint density at radius 3 is 2.62 bits per heavy atom. The van der Waals surface area contributed by atoms with Crippen molar-refractivity contribution in [1.29, 1.82) is 5.26 Å². The molecule has 0 aliphatic carbocycles. The van der Waals surface area contributed by atoms with Crippen molar-refractivity contribution in [3.8, 4) is 6.07 Å². The molecule has 2 amide bonds. The lowest BCUT2D eigenvalue weighted by atomic mass is 9.97. The minimum absolute atomic E-state index is 0.189. The van der Waals surface area contributed by atoms with Crippen molar-refractivity contribution in [2.75, 3.05) is 11.9 Å². The summed E-state index contributed by atoms with van der Waals surface area (Å²) in [7, 11) is 0. The summed E-state index contributed by atoms with van der Waals surface area (Å²) in [5.74, 6) is 0.189. The van der Waals surface area contributed by atoms with Gasteiger partial charge in [0.2, 0.25) is 0 Å². The monoisotopic (exact) mass is 289 g/mol. The van der Waals surface area contributed by atoms with Gasteiger partial charge in [0.05, 0.1) is 17.7 Å². The van der Waals surface area contributed by atoms with Crippen LogP contribution in [0.1, 0.15) is 37.8 Å². The second-order valence-electron chi connectivity index (χ2n) is 5.12. The summed E-state index contributed by atoms with van der Waals surface area (Å²) in [6, 6.07) is 6.78. The van der Waals surface area contributed by atoms with Crippen LogP contribution < -0.4 is 10.6 Å². The Morgan fingerprint density at radius 1 is 1.38 bits per heavy atom. The van der Waals surface area contributed by atoms with Gasteiger partial charge in [0.1, 0.15) is 0 Å². The highest BCUT2D eigenvalue weighted by Gasteiger charge is 2.16. The fraction of sp³-hybridized carbons (Fsp3) is 0.500. The number of hydrogen-bond donors (Lipinski definition) is 3. The summed E-state index contributed by atoms with van der Waals surface area (Å²) in [5.41, 5.74) is 1.97. The minimum Gasteiger partial charge on any atom is -0.391 e. The molecule has 5 heteroatoms. The second kappa shape index (κ2) is 8.28. The van der Waals surface area contributed by atoms with E-state index in [-0.39, 0.29) is 18.5 Å². The van der Waals surface area contributed by atoms with Gasteiger partial charge in [-0.15, -0.1) is 0 Å². The molecule has 0 saturated heterocycles. The van der Waals surface area contributed by atoms with Crippen LogP contribution in [0.2, 0.25) is 0 Å². The topological polar surface area (TPSA) is 85.2 Å². The first-order chi connectivity index (χ1) is 10.0. The lowest BCUT2D eigenvalue weighted by molar-refractivity contribution is 0.104. The molecule has 3 N–H and O–H groups in total. The molecule has 1 rings (SSSR count). The lowest BCUT2D eigenvalue weighted by Gasteiger charge is -2.20. The van der Waals surface area contributed by atoms with Gasteiger partial charge in [0.25, 0.3) is 0 Å². The zero-order valence-electron chi connectivity index (χ0n) is 12.8. The highest BCUT2D eigenvalue weighted by Crippen LogP contribution is 2.16. The van der Waals surface area contributed by atoms with Crippen molar-refractivity contribution in [3.63, 3.8) is 0 Å². The zero-order valence-corrected chi connectivity index (χ0v) is 12.8. The quantitative estimate of drug-likeness (QED) is 0.752. The van der Waals surface area contributed by atoms with E-state index >= 15 is 0 Å². The molecule has 0 bridgehead atoms. The summed E-state index contributed by atoms with van der Waals surface area (Å²) < 4.78 is 0. The number of hydrogen-bond acceptors (Lipinski definition) is 3. The molecular formula is C16H23N3O2. The van der Waals surface area contributed by atoms with Gasteiger partial charge in [-0.2, -0.15) is 5.26 Å². The van der Waals surface area contributed by atoms with E-state index in [1.54, 1.807) is 18.2 Å². The number of carbonyl (C=O) groups excluding carboxylic acids is 1. The van der Waals surface area contributed by atoms with Gasteiger partial charge in [0.15, 0.2) is 0 Å². The van der Waals surface area contributed by atoms with Gasteiger partial charge in [-0.25, -0.2) is 4.79 Å². The molecule has 1 aromatic rings. The standard InChI is InChI=1S/C16H23N3O2/c1-4-13(5-2)15(20)10-18-16(21)19-14-8-12(9-17)7-6-11(14)3/h6-8,13,15,20H,4-5,10H2,1-3H3,(H2,18,19,21). The maximum Gasteiger partial charge on any atom is 0.319 e.